The molecule has 1 N–H and O–H groups in total. The Morgan fingerprint density at radius 1 is 1.33 bits per heavy atom. The fourth-order valence-corrected chi connectivity index (χ4v) is 2.75. The Kier molecular flexibility index (Phi) is 4.21. The molecule has 1 aromatic carbocycles. The minimum absolute atomic E-state index is 0.515. The molecule has 2 rings (SSSR count). The third kappa shape index (κ3) is 3.32. The highest BCUT2D eigenvalue weighted by molar-refractivity contribution is 9.09. The van der Waals surface area contributed by atoms with E-state index in [4.69, 9.17) is 0 Å². The van der Waals surface area contributed by atoms with Crippen LogP contribution < -0.4 is 5.32 Å². The number of hydrogen-bond donors (Lipinski definition) is 1. The molecule has 1 fully saturated rings. The van der Waals surface area contributed by atoms with Crippen molar-refractivity contribution >= 4 is 15.9 Å². The van der Waals surface area contributed by atoms with Crippen molar-refractivity contribution in [1.29, 1.82) is 0 Å². The summed E-state index contributed by atoms with van der Waals surface area (Å²) < 4.78 is 0. The van der Waals surface area contributed by atoms with Gasteiger partial charge in [0.05, 0.1) is 0 Å². The van der Waals surface area contributed by atoms with Crippen LogP contribution in [-0.2, 0) is 0 Å². The highest BCUT2D eigenvalue weighted by atomic mass is 79.9. The highest BCUT2D eigenvalue weighted by Crippen LogP contribution is 2.28. The van der Waals surface area contributed by atoms with Gasteiger partial charge in [-0.15, -0.1) is 0 Å². The lowest BCUT2D eigenvalue weighted by molar-refractivity contribution is 0.535. The smallest absolute Gasteiger partial charge is 0.0395 e. The summed E-state index contributed by atoms with van der Waals surface area (Å²) in [5.74, 6) is 0. The first-order valence-electron chi connectivity index (χ1n) is 5.78. The quantitative estimate of drug-likeness (QED) is 0.822. The number of halogens is 1. The van der Waals surface area contributed by atoms with Gasteiger partial charge in [0.25, 0.3) is 0 Å². The first-order chi connectivity index (χ1) is 7.36. The SMILES string of the molecule is BrC(CCC1CCCN1)c1ccccc1. The molecule has 0 bridgehead atoms. The third-order valence-electron chi connectivity index (χ3n) is 3.09. The topological polar surface area (TPSA) is 12.0 Å². The minimum Gasteiger partial charge on any atom is -0.314 e. The monoisotopic (exact) mass is 267 g/mol. The van der Waals surface area contributed by atoms with Crippen molar-refractivity contribution in [2.75, 3.05) is 6.54 Å². The molecule has 82 valence electrons. The van der Waals surface area contributed by atoms with Gasteiger partial charge < -0.3 is 5.32 Å². The Morgan fingerprint density at radius 3 is 2.80 bits per heavy atom. The van der Waals surface area contributed by atoms with Crippen molar-refractivity contribution < 1.29 is 0 Å². The van der Waals surface area contributed by atoms with Crippen molar-refractivity contribution in [3.05, 3.63) is 35.9 Å². The zero-order valence-electron chi connectivity index (χ0n) is 8.95. The van der Waals surface area contributed by atoms with E-state index in [0.717, 1.165) is 6.04 Å². The van der Waals surface area contributed by atoms with Gasteiger partial charge in [0.1, 0.15) is 0 Å². The van der Waals surface area contributed by atoms with Crippen molar-refractivity contribution in [1.82, 2.24) is 5.32 Å². The van der Waals surface area contributed by atoms with Crippen LogP contribution >= 0.6 is 15.9 Å². The van der Waals surface area contributed by atoms with Gasteiger partial charge in [-0.1, -0.05) is 46.3 Å². The molecule has 2 atom stereocenters. The van der Waals surface area contributed by atoms with Gasteiger partial charge in [0, 0.05) is 10.9 Å². The van der Waals surface area contributed by atoms with Crippen LogP contribution in [0, 0.1) is 0 Å². The van der Waals surface area contributed by atoms with E-state index in [-0.39, 0.29) is 0 Å². The largest absolute Gasteiger partial charge is 0.314 e. The van der Waals surface area contributed by atoms with Crippen molar-refractivity contribution in [2.24, 2.45) is 0 Å². The lowest BCUT2D eigenvalue weighted by Gasteiger charge is -2.14. The van der Waals surface area contributed by atoms with Crippen LogP contribution in [0.15, 0.2) is 30.3 Å². The van der Waals surface area contributed by atoms with Crippen LogP contribution in [0.5, 0.6) is 0 Å². The molecule has 2 unspecified atom stereocenters. The van der Waals surface area contributed by atoms with E-state index in [2.05, 4.69) is 51.6 Å². The molecule has 1 nitrogen and oxygen atoms in total. The molecule has 0 aromatic heterocycles. The molecule has 0 saturated carbocycles. The lowest BCUT2D eigenvalue weighted by Crippen LogP contribution is -2.21. The normalized spacial score (nSPS) is 22.9. The molecule has 1 heterocycles. The van der Waals surface area contributed by atoms with Crippen LogP contribution in [-0.4, -0.2) is 12.6 Å². The van der Waals surface area contributed by atoms with Crippen molar-refractivity contribution in [2.45, 2.75) is 36.6 Å². The van der Waals surface area contributed by atoms with Gasteiger partial charge in [-0.3, -0.25) is 0 Å². The van der Waals surface area contributed by atoms with Crippen LogP contribution in [0.2, 0.25) is 0 Å². The highest BCUT2D eigenvalue weighted by Gasteiger charge is 2.15. The predicted molar refractivity (Wildman–Crippen MR) is 68.4 cm³/mol. The molecule has 1 aliphatic heterocycles. The fourth-order valence-electron chi connectivity index (χ4n) is 2.18. The number of rotatable bonds is 4. The van der Waals surface area contributed by atoms with Gasteiger partial charge in [0.15, 0.2) is 0 Å². The summed E-state index contributed by atoms with van der Waals surface area (Å²) in [4.78, 5) is 0.515. The standard InChI is InChI=1S/C13H18BrN/c14-13(11-5-2-1-3-6-11)9-8-12-7-4-10-15-12/h1-3,5-6,12-13,15H,4,7-10H2. The molecule has 1 aliphatic rings. The van der Waals surface area contributed by atoms with Gasteiger partial charge in [-0.05, 0) is 37.8 Å². The van der Waals surface area contributed by atoms with Crippen LogP contribution in [0.1, 0.15) is 36.1 Å². The molecule has 15 heavy (non-hydrogen) atoms. The molecule has 0 amide bonds. The number of nitrogens with one attached hydrogen (secondary N) is 1. The van der Waals surface area contributed by atoms with Crippen LogP contribution in [0.25, 0.3) is 0 Å². The van der Waals surface area contributed by atoms with Crippen molar-refractivity contribution in [3.63, 3.8) is 0 Å². The zero-order chi connectivity index (χ0) is 10.5. The van der Waals surface area contributed by atoms with E-state index in [9.17, 15) is 0 Å². The number of alkyl halides is 1. The molecule has 1 aromatic rings. The average molecular weight is 268 g/mol. The van der Waals surface area contributed by atoms with E-state index >= 15 is 0 Å². The van der Waals surface area contributed by atoms with E-state index < -0.39 is 0 Å². The summed E-state index contributed by atoms with van der Waals surface area (Å²) in [5.41, 5.74) is 1.40. The van der Waals surface area contributed by atoms with E-state index in [1.54, 1.807) is 0 Å². The second-order valence-corrected chi connectivity index (χ2v) is 5.35. The van der Waals surface area contributed by atoms with Crippen LogP contribution in [0.4, 0.5) is 0 Å². The van der Waals surface area contributed by atoms with Gasteiger partial charge in [-0.2, -0.15) is 0 Å². The summed E-state index contributed by atoms with van der Waals surface area (Å²) in [6.45, 7) is 1.21. The zero-order valence-corrected chi connectivity index (χ0v) is 10.5. The molecule has 0 spiro atoms. The maximum atomic E-state index is 3.77. The Hall–Kier alpha value is -0.340. The third-order valence-corrected chi connectivity index (χ3v) is 4.08. The second-order valence-electron chi connectivity index (χ2n) is 4.25. The molecule has 0 radical (unpaired) electrons. The number of hydrogen-bond acceptors (Lipinski definition) is 1. The predicted octanol–water partition coefficient (Wildman–Crippen LogP) is 3.65. The minimum atomic E-state index is 0.515. The lowest BCUT2D eigenvalue weighted by atomic mass is 10.0. The second kappa shape index (κ2) is 5.66. The summed E-state index contributed by atoms with van der Waals surface area (Å²) in [5, 5.41) is 3.54. The molecule has 2 heteroatoms. The maximum Gasteiger partial charge on any atom is 0.0395 e. The summed E-state index contributed by atoms with van der Waals surface area (Å²) in [6.07, 6.45) is 5.21. The summed E-state index contributed by atoms with van der Waals surface area (Å²) in [7, 11) is 0. The molecule has 1 saturated heterocycles. The Balaban J connectivity index is 1.79. The summed E-state index contributed by atoms with van der Waals surface area (Å²) >= 11 is 3.77. The van der Waals surface area contributed by atoms with Gasteiger partial charge in [0.2, 0.25) is 0 Å². The van der Waals surface area contributed by atoms with E-state index in [0.29, 0.717) is 4.83 Å². The molecule has 0 aliphatic carbocycles. The van der Waals surface area contributed by atoms with E-state index in [1.807, 2.05) is 0 Å². The number of benzene rings is 1. The van der Waals surface area contributed by atoms with E-state index in [1.165, 1.54) is 37.8 Å². The van der Waals surface area contributed by atoms with Gasteiger partial charge >= 0.3 is 0 Å². The molecular weight excluding hydrogens is 250 g/mol. The first-order valence-corrected chi connectivity index (χ1v) is 6.70. The average Bonchev–Trinajstić information content (AvgIpc) is 2.80. The molecular formula is C13H18BrN. The summed E-state index contributed by atoms with van der Waals surface area (Å²) in [6, 6.07) is 11.4. The Bertz CT molecular complexity index is 280. The van der Waals surface area contributed by atoms with Crippen LogP contribution in [0.3, 0.4) is 0 Å². The first kappa shape index (κ1) is 11.2. The van der Waals surface area contributed by atoms with Gasteiger partial charge in [-0.25, -0.2) is 0 Å². The Morgan fingerprint density at radius 2 is 2.13 bits per heavy atom. The maximum absolute atomic E-state index is 3.77. The Labute approximate surface area is 100 Å². The van der Waals surface area contributed by atoms with Crippen molar-refractivity contribution in [3.8, 4) is 0 Å². The fraction of sp³-hybridized carbons (Fsp3) is 0.538.